The first kappa shape index (κ1) is 11.2. The second kappa shape index (κ2) is 5.14. The molecule has 1 unspecified atom stereocenters. The summed E-state index contributed by atoms with van der Waals surface area (Å²) in [5, 5.41) is 0. The van der Waals surface area contributed by atoms with Crippen molar-refractivity contribution in [2.75, 3.05) is 0 Å². The monoisotopic (exact) mass is 255 g/mol. The number of halogens is 2. The molecular formula is C11H11BrFN. The van der Waals surface area contributed by atoms with Gasteiger partial charge in [0.05, 0.1) is 4.47 Å². The van der Waals surface area contributed by atoms with E-state index in [9.17, 15) is 4.39 Å². The molecule has 0 bridgehead atoms. The lowest BCUT2D eigenvalue weighted by molar-refractivity contribution is 0.604. The van der Waals surface area contributed by atoms with Gasteiger partial charge in [0.1, 0.15) is 5.82 Å². The standard InChI is InChI=1S/C11H11BrFN/c1-2-3-7-10(14)8-5-4-6-9(13)11(8)12/h1,4-6,10H,3,7,14H2. The lowest BCUT2D eigenvalue weighted by atomic mass is 10.0. The minimum Gasteiger partial charge on any atom is -0.324 e. The van der Waals surface area contributed by atoms with Gasteiger partial charge in [-0.3, -0.25) is 0 Å². The van der Waals surface area contributed by atoms with E-state index in [0.29, 0.717) is 17.3 Å². The second-order valence-corrected chi connectivity index (χ2v) is 3.79. The summed E-state index contributed by atoms with van der Waals surface area (Å²) in [6.07, 6.45) is 6.40. The zero-order valence-corrected chi connectivity index (χ0v) is 9.22. The molecule has 1 aromatic rings. The van der Waals surface area contributed by atoms with Crippen molar-refractivity contribution in [3.05, 3.63) is 34.1 Å². The van der Waals surface area contributed by atoms with E-state index >= 15 is 0 Å². The minimum absolute atomic E-state index is 0.212. The molecule has 14 heavy (non-hydrogen) atoms. The van der Waals surface area contributed by atoms with Crippen molar-refractivity contribution >= 4 is 15.9 Å². The van der Waals surface area contributed by atoms with Gasteiger partial charge in [-0.2, -0.15) is 0 Å². The van der Waals surface area contributed by atoms with Gasteiger partial charge in [-0.1, -0.05) is 12.1 Å². The fourth-order valence-corrected chi connectivity index (χ4v) is 1.76. The number of benzene rings is 1. The zero-order chi connectivity index (χ0) is 10.6. The van der Waals surface area contributed by atoms with Crippen molar-refractivity contribution in [2.45, 2.75) is 18.9 Å². The Balaban J connectivity index is 2.85. The first-order valence-electron chi connectivity index (χ1n) is 4.29. The molecule has 0 saturated heterocycles. The van der Waals surface area contributed by atoms with Crippen molar-refractivity contribution < 1.29 is 4.39 Å². The lowest BCUT2D eigenvalue weighted by Crippen LogP contribution is -2.11. The van der Waals surface area contributed by atoms with Crippen LogP contribution in [0.2, 0.25) is 0 Å². The van der Waals surface area contributed by atoms with Crippen LogP contribution in [0.1, 0.15) is 24.4 Å². The topological polar surface area (TPSA) is 26.0 Å². The van der Waals surface area contributed by atoms with Crippen LogP contribution < -0.4 is 5.73 Å². The maximum absolute atomic E-state index is 13.1. The van der Waals surface area contributed by atoms with Gasteiger partial charge in [0.15, 0.2) is 0 Å². The first-order chi connectivity index (χ1) is 6.66. The average Bonchev–Trinajstić information content (AvgIpc) is 2.18. The van der Waals surface area contributed by atoms with Crippen LogP contribution in [0.15, 0.2) is 22.7 Å². The average molecular weight is 256 g/mol. The summed E-state index contributed by atoms with van der Waals surface area (Å²) in [5.74, 6) is 2.22. The smallest absolute Gasteiger partial charge is 0.137 e. The second-order valence-electron chi connectivity index (χ2n) is 2.99. The highest BCUT2D eigenvalue weighted by Crippen LogP contribution is 2.26. The SMILES string of the molecule is C#CCCC(N)c1cccc(F)c1Br. The highest BCUT2D eigenvalue weighted by atomic mass is 79.9. The molecule has 0 radical (unpaired) electrons. The predicted molar refractivity (Wildman–Crippen MR) is 59.1 cm³/mol. The number of terminal acetylenes is 1. The van der Waals surface area contributed by atoms with Gasteiger partial charge in [0, 0.05) is 12.5 Å². The summed E-state index contributed by atoms with van der Waals surface area (Å²) >= 11 is 3.17. The Hall–Kier alpha value is -0.850. The van der Waals surface area contributed by atoms with Crippen LogP contribution >= 0.6 is 15.9 Å². The Morgan fingerprint density at radius 1 is 1.57 bits per heavy atom. The predicted octanol–water partition coefficient (Wildman–Crippen LogP) is 3.00. The van der Waals surface area contributed by atoms with Gasteiger partial charge < -0.3 is 5.73 Å². The van der Waals surface area contributed by atoms with E-state index in [1.165, 1.54) is 6.07 Å². The summed E-state index contributed by atoms with van der Waals surface area (Å²) in [4.78, 5) is 0. The van der Waals surface area contributed by atoms with Crippen LogP contribution in [0.5, 0.6) is 0 Å². The Morgan fingerprint density at radius 3 is 2.93 bits per heavy atom. The fraction of sp³-hybridized carbons (Fsp3) is 0.273. The summed E-state index contributed by atoms with van der Waals surface area (Å²) in [6.45, 7) is 0. The summed E-state index contributed by atoms with van der Waals surface area (Å²) in [6, 6.07) is 4.62. The molecule has 0 heterocycles. The van der Waals surface area contributed by atoms with E-state index in [1.54, 1.807) is 12.1 Å². The third kappa shape index (κ3) is 2.57. The molecule has 0 spiro atoms. The quantitative estimate of drug-likeness (QED) is 0.826. The molecule has 1 rings (SSSR count). The molecule has 2 N–H and O–H groups in total. The van der Waals surface area contributed by atoms with Crippen LogP contribution in [0.25, 0.3) is 0 Å². The molecule has 74 valence electrons. The van der Waals surface area contributed by atoms with E-state index < -0.39 is 0 Å². The minimum atomic E-state index is -0.293. The van der Waals surface area contributed by atoms with Gasteiger partial charge in [-0.25, -0.2) is 4.39 Å². The van der Waals surface area contributed by atoms with Crippen molar-refractivity contribution in [2.24, 2.45) is 5.73 Å². The van der Waals surface area contributed by atoms with Gasteiger partial charge >= 0.3 is 0 Å². The lowest BCUT2D eigenvalue weighted by Gasteiger charge is -2.12. The number of hydrogen-bond donors (Lipinski definition) is 1. The third-order valence-electron chi connectivity index (χ3n) is 1.98. The maximum atomic E-state index is 13.1. The Labute approximate surface area is 91.6 Å². The Bertz CT molecular complexity index is 357. The van der Waals surface area contributed by atoms with Crippen LogP contribution in [-0.2, 0) is 0 Å². The zero-order valence-electron chi connectivity index (χ0n) is 7.63. The normalized spacial score (nSPS) is 12.1. The molecule has 0 fully saturated rings. The molecule has 1 aromatic carbocycles. The van der Waals surface area contributed by atoms with E-state index in [2.05, 4.69) is 21.9 Å². The molecule has 0 aliphatic heterocycles. The van der Waals surface area contributed by atoms with Gasteiger partial charge in [0.2, 0.25) is 0 Å². The summed E-state index contributed by atoms with van der Waals surface area (Å²) in [5.41, 5.74) is 6.62. The van der Waals surface area contributed by atoms with Crippen LogP contribution in [-0.4, -0.2) is 0 Å². The molecule has 1 nitrogen and oxygen atoms in total. The Kier molecular flexibility index (Phi) is 4.12. The summed E-state index contributed by atoms with van der Waals surface area (Å²) < 4.78 is 13.6. The van der Waals surface area contributed by atoms with E-state index in [4.69, 9.17) is 12.2 Å². The Morgan fingerprint density at radius 2 is 2.29 bits per heavy atom. The van der Waals surface area contributed by atoms with Gasteiger partial charge in [-0.05, 0) is 34.0 Å². The molecule has 0 aliphatic carbocycles. The number of nitrogens with two attached hydrogens (primary N) is 1. The van der Waals surface area contributed by atoms with Crippen LogP contribution in [0.4, 0.5) is 4.39 Å². The summed E-state index contributed by atoms with van der Waals surface area (Å²) in [7, 11) is 0. The van der Waals surface area contributed by atoms with Gasteiger partial charge in [0.25, 0.3) is 0 Å². The van der Waals surface area contributed by atoms with E-state index in [0.717, 1.165) is 5.56 Å². The van der Waals surface area contributed by atoms with Crippen molar-refractivity contribution in [1.29, 1.82) is 0 Å². The molecule has 0 amide bonds. The van der Waals surface area contributed by atoms with Crippen LogP contribution in [0, 0.1) is 18.2 Å². The van der Waals surface area contributed by atoms with Crippen LogP contribution in [0.3, 0.4) is 0 Å². The van der Waals surface area contributed by atoms with E-state index in [-0.39, 0.29) is 11.9 Å². The van der Waals surface area contributed by atoms with Crippen molar-refractivity contribution in [3.8, 4) is 12.3 Å². The molecule has 0 aromatic heterocycles. The first-order valence-corrected chi connectivity index (χ1v) is 5.09. The highest BCUT2D eigenvalue weighted by Gasteiger charge is 2.11. The molecule has 0 aliphatic rings. The van der Waals surface area contributed by atoms with Crippen molar-refractivity contribution in [1.82, 2.24) is 0 Å². The van der Waals surface area contributed by atoms with E-state index in [1.807, 2.05) is 0 Å². The van der Waals surface area contributed by atoms with Crippen molar-refractivity contribution in [3.63, 3.8) is 0 Å². The molecule has 0 saturated carbocycles. The molecule has 3 heteroatoms. The largest absolute Gasteiger partial charge is 0.324 e. The molecular weight excluding hydrogens is 245 g/mol. The number of rotatable bonds is 3. The highest BCUT2D eigenvalue weighted by molar-refractivity contribution is 9.10. The maximum Gasteiger partial charge on any atom is 0.137 e. The van der Waals surface area contributed by atoms with Gasteiger partial charge in [-0.15, -0.1) is 12.3 Å². The fourth-order valence-electron chi connectivity index (χ4n) is 1.20. The third-order valence-corrected chi connectivity index (χ3v) is 2.82. The molecule has 1 atom stereocenters. The number of hydrogen-bond acceptors (Lipinski definition) is 1.